The molecule has 2 aromatic rings. The van der Waals surface area contributed by atoms with Crippen LogP contribution in [0.5, 0.6) is 0 Å². The van der Waals surface area contributed by atoms with E-state index in [0.29, 0.717) is 12.0 Å². The van der Waals surface area contributed by atoms with Crippen LogP contribution in [0.25, 0.3) is 0 Å². The smallest absolute Gasteiger partial charge is 0.318 e. The fraction of sp³-hybridized carbons (Fsp3) is 0.368. The summed E-state index contributed by atoms with van der Waals surface area (Å²) in [7, 11) is 1.85. The van der Waals surface area contributed by atoms with Crippen LogP contribution in [0.3, 0.4) is 0 Å². The van der Waals surface area contributed by atoms with Crippen molar-refractivity contribution in [1.82, 2.24) is 25.5 Å². The normalized spacial score (nSPS) is 19.3. The van der Waals surface area contributed by atoms with Crippen LogP contribution in [-0.2, 0) is 28.6 Å². The highest BCUT2D eigenvalue weighted by atomic mass is 16.2. The Hall–Kier alpha value is -3.16. The molecule has 142 valence electrons. The second kappa shape index (κ2) is 6.86. The molecular formula is C19H23N5O3. The average molecular weight is 369 g/mol. The summed E-state index contributed by atoms with van der Waals surface area (Å²) in [5.41, 5.74) is 4.73. The van der Waals surface area contributed by atoms with E-state index >= 15 is 0 Å². The third-order valence-corrected chi connectivity index (χ3v) is 5.04. The van der Waals surface area contributed by atoms with Crippen LogP contribution in [0.2, 0.25) is 0 Å². The van der Waals surface area contributed by atoms with Gasteiger partial charge < -0.3 is 5.32 Å². The van der Waals surface area contributed by atoms with E-state index in [0.717, 1.165) is 22.0 Å². The topological polar surface area (TPSA) is 96.3 Å². The number of nitrogens with one attached hydrogen (secondary N) is 2. The first-order valence-corrected chi connectivity index (χ1v) is 8.75. The molecule has 1 aliphatic heterocycles. The maximum Gasteiger partial charge on any atom is 0.344 e. The molecule has 4 amide bonds. The number of carbonyl (C=O) groups excluding carboxylic acids is 3. The highest BCUT2D eigenvalue weighted by Gasteiger charge is 2.49. The molecule has 0 aliphatic carbocycles. The number of aromatic nitrogens is 2. The highest BCUT2D eigenvalue weighted by molar-refractivity contribution is 6.08. The molecule has 2 heterocycles. The number of benzene rings is 1. The average Bonchev–Trinajstić information content (AvgIpc) is 3.01. The van der Waals surface area contributed by atoms with Gasteiger partial charge in [-0.15, -0.1) is 0 Å². The molecule has 2 N–H and O–H groups in total. The monoisotopic (exact) mass is 369 g/mol. The number of hydrogen-bond acceptors (Lipinski definition) is 4. The SMILES string of the molecule is Cc1nn(C)c(C)c1CCC(=O)NN1C(=O)NC(C)(c2ccccc2)C1=O. The summed E-state index contributed by atoms with van der Waals surface area (Å²) < 4.78 is 1.77. The summed E-state index contributed by atoms with van der Waals surface area (Å²) in [5.74, 6) is -0.917. The van der Waals surface area contributed by atoms with Gasteiger partial charge in [-0.3, -0.25) is 19.7 Å². The molecule has 8 nitrogen and oxygen atoms in total. The molecule has 1 aromatic carbocycles. The van der Waals surface area contributed by atoms with E-state index < -0.39 is 23.4 Å². The zero-order valence-electron chi connectivity index (χ0n) is 15.9. The summed E-state index contributed by atoms with van der Waals surface area (Å²) in [6, 6.07) is 8.29. The zero-order chi connectivity index (χ0) is 19.8. The lowest BCUT2D eigenvalue weighted by Crippen LogP contribution is -2.48. The Bertz CT molecular complexity index is 906. The van der Waals surface area contributed by atoms with Gasteiger partial charge in [0.1, 0.15) is 5.54 Å². The largest absolute Gasteiger partial charge is 0.344 e. The fourth-order valence-corrected chi connectivity index (χ4v) is 3.31. The molecule has 1 unspecified atom stereocenters. The van der Waals surface area contributed by atoms with Crippen molar-refractivity contribution >= 4 is 17.8 Å². The van der Waals surface area contributed by atoms with Crippen LogP contribution in [0, 0.1) is 13.8 Å². The van der Waals surface area contributed by atoms with Crippen molar-refractivity contribution in [3.05, 3.63) is 52.8 Å². The van der Waals surface area contributed by atoms with Gasteiger partial charge in [-0.2, -0.15) is 10.1 Å². The van der Waals surface area contributed by atoms with Crippen molar-refractivity contribution in [1.29, 1.82) is 0 Å². The molecule has 27 heavy (non-hydrogen) atoms. The summed E-state index contributed by atoms with van der Waals surface area (Å²) >= 11 is 0. The molecule has 1 fully saturated rings. The number of hydrazine groups is 1. The lowest BCUT2D eigenvalue weighted by atomic mass is 9.92. The first-order valence-electron chi connectivity index (χ1n) is 8.75. The van der Waals surface area contributed by atoms with Crippen molar-refractivity contribution in [3.63, 3.8) is 0 Å². The van der Waals surface area contributed by atoms with Crippen molar-refractivity contribution in [2.24, 2.45) is 7.05 Å². The standard InChI is InChI=1S/C19H23N5O3/c1-12-15(13(2)23(4)21-12)10-11-16(25)22-24-17(26)19(3,20-18(24)27)14-8-6-5-7-9-14/h5-9H,10-11H2,1-4H3,(H,20,27)(H,22,25). The number of rotatable bonds is 5. The van der Waals surface area contributed by atoms with Crippen LogP contribution in [-0.4, -0.2) is 32.6 Å². The van der Waals surface area contributed by atoms with E-state index in [4.69, 9.17) is 0 Å². The Labute approximate surface area is 157 Å². The number of imide groups is 1. The molecule has 0 saturated carbocycles. The Morgan fingerprint density at radius 2 is 1.89 bits per heavy atom. The molecule has 0 spiro atoms. The van der Waals surface area contributed by atoms with Crippen molar-refractivity contribution in [3.8, 4) is 0 Å². The van der Waals surface area contributed by atoms with E-state index in [1.54, 1.807) is 35.9 Å². The Morgan fingerprint density at radius 1 is 1.22 bits per heavy atom. The van der Waals surface area contributed by atoms with Gasteiger partial charge in [-0.25, -0.2) is 4.79 Å². The zero-order valence-corrected chi connectivity index (χ0v) is 15.9. The maximum absolute atomic E-state index is 12.8. The number of nitrogens with zero attached hydrogens (tertiary/aromatic N) is 3. The molecule has 1 aliphatic rings. The van der Waals surface area contributed by atoms with Gasteiger partial charge >= 0.3 is 6.03 Å². The molecule has 8 heteroatoms. The number of aryl methyl sites for hydroxylation is 2. The van der Waals surface area contributed by atoms with Gasteiger partial charge in [0, 0.05) is 19.2 Å². The van der Waals surface area contributed by atoms with Gasteiger partial charge in [0.25, 0.3) is 5.91 Å². The first kappa shape index (κ1) is 18.6. The first-order chi connectivity index (χ1) is 12.7. The van der Waals surface area contributed by atoms with Crippen LogP contribution in [0.4, 0.5) is 4.79 Å². The molecule has 1 aromatic heterocycles. The van der Waals surface area contributed by atoms with Crippen molar-refractivity contribution in [2.75, 3.05) is 0 Å². The van der Waals surface area contributed by atoms with Gasteiger partial charge in [0.15, 0.2) is 0 Å². The van der Waals surface area contributed by atoms with Crippen molar-refractivity contribution in [2.45, 2.75) is 39.2 Å². The van der Waals surface area contributed by atoms with Gasteiger partial charge in [0.2, 0.25) is 5.91 Å². The number of urea groups is 1. The Kier molecular flexibility index (Phi) is 4.73. The summed E-state index contributed by atoms with van der Waals surface area (Å²) in [5, 5.41) is 7.74. The van der Waals surface area contributed by atoms with E-state index in [1.165, 1.54) is 0 Å². The minimum atomic E-state index is -1.21. The molecular weight excluding hydrogens is 346 g/mol. The number of amides is 4. The summed E-state index contributed by atoms with van der Waals surface area (Å²) in [6.45, 7) is 5.45. The van der Waals surface area contributed by atoms with Crippen molar-refractivity contribution < 1.29 is 14.4 Å². The fourth-order valence-electron chi connectivity index (χ4n) is 3.31. The third kappa shape index (κ3) is 3.30. The van der Waals surface area contributed by atoms with Gasteiger partial charge in [0.05, 0.1) is 5.69 Å². The minimum Gasteiger partial charge on any atom is -0.318 e. The van der Waals surface area contributed by atoms with Crippen LogP contribution in [0.15, 0.2) is 30.3 Å². The maximum atomic E-state index is 12.8. The Balaban J connectivity index is 1.67. The summed E-state index contributed by atoms with van der Waals surface area (Å²) in [4.78, 5) is 37.4. The minimum absolute atomic E-state index is 0.145. The van der Waals surface area contributed by atoms with Crippen LogP contribution < -0.4 is 10.7 Å². The Morgan fingerprint density at radius 3 is 2.48 bits per heavy atom. The molecule has 0 radical (unpaired) electrons. The van der Waals surface area contributed by atoms with E-state index in [-0.39, 0.29) is 6.42 Å². The molecule has 0 bridgehead atoms. The lowest BCUT2D eigenvalue weighted by Gasteiger charge is -2.22. The second-order valence-corrected chi connectivity index (χ2v) is 6.87. The van der Waals surface area contributed by atoms with E-state index in [9.17, 15) is 14.4 Å². The predicted molar refractivity (Wildman–Crippen MR) is 98.3 cm³/mol. The van der Waals surface area contributed by atoms with Crippen LogP contribution in [0.1, 0.15) is 35.9 Å². The molecule has 1 atom stereocenters. The summed E-state index contributed by atoms with van der Waals surface area (Å²) in [6.07, 6.45) is 0.628. The number of hydrogen-bond donors (Lipinski definition) is 2. The molecule has 3 rings (SSSR count). The van der Waals surface area contributed by atoms with E-state index in [1.807, 2.05) is 27.0 Å². The van der Waals surface area contributed by atoms with Gasteiger partial charge in [-0.1, -0.05) is 30.3 Å². The highest BCUT2D eigenvalue weighted by Crippen LogP contribution is 2.27. The lowest BCUT2D eigenvalue weighted by molar-refractivity contribution is -0.139. The molecule has 1 saturated heterocycles. The number of carbonyl (C=O) groups is 3. The van der Waals surface area contributed by atoms with E-state index in [2.05, 4.69) is 15.8 Å². The predicted octanol–water partition coefficient (Wildman–Crippen LogP) is 1.47. The quantitative estimate of drug-likeness (QED) is 0.780. The van der Waals surface area contributed by atoms with Crippen LogP contribution >= 0.6 is 0 Å². The third-order valence-electron chi connectivity index (χ3n) is 5.04. The van der Waals surface area contributed by atoms with Gasteiger partial charge in [-0.05, 0) is 38.3 Å². The second-order valence-electron chi connectivity index (χ2n) is 6.87.